The molecule has 2 N–H and O–H groups in total. The number of aliphatic hydroxyl groups excluding tert-OH is 1. The summed E-state index contributed by atoms with van der Waals surface area (Å²) < 4.78 is 21.8. The molecule has 0 aliphatic rings. The van der Waals surface area contributed by atoms with Crippen LogP contribution < -0.4 is 21.3 Å². The Bertz CT molecular complexity index is 1650. The van der Waals surface area contributed by atoms with Crippen LogP contribution in [-0.2, 0) is 23.3 Å². The lowest BCUT2D eigenvalue weighted by molar-refractivity contribution is -0.129. The summed E-state index contributed by atoms with van der Waals surface area (Å²) in [5, 5.41) is 20.2. The second-order valence-electron chi connectivity index (χ2n) is 11.1. The topological polar surface area (TPSA) is 133 Å². The molecule has 13 heteroatoms. The van der Waals surface area contributed by atoms with Crippen LogP contribution in [0.1, 0.15) is 52.7 Å². The maximum Gasteiger partial charge on any atom is 0.333 e. The number of hydrogen-bond acceptors (Lipinski definition) is 8. The first-order chi connectivity index (χ1) is 19.7. The third-order valence-corrected chi connectivity index (χ3v) is 7.82. The Kier molecular flexibility index (Phi) is 10.4. The highest BCUT2D eigenvalue weighted by molar-refractivity contribution is 7.21. The zero-order valence-electron chi connectivity index (χ0n) is 25.3. The maximum absolute atomic E-state index is 14.0. The van der Waals surface area contributed by atoms with Crippen molar-refractivity contribution in [2.45, 2.75) is 73.0 Å². The lowest BCUT2D eigenvalue weighted by atomic mass is 10.0. The van der Waals surface area contributed by atoms with Gasteiger partial charge in [0.2, 0.25) is 5.91 Å². The van der Waals surface area contributed by atoms with Gasteiger partial charge in [0.25, 0.3) is 5.56 Å². The molecule has 0 spiro atoms. The van der Waals surface area contributed by atoms with Gasteiger partial charge in [-0.3, -0.25) is 14.2 Å². The van der Waals surface area contributed by atoms with Gasteiger partial charge >= 0.3 is 5.69 Å². The summed E-state index contributed by atoms with van der Waals surface area (Å²) in [6.45, 7) is 12.8. The van der Waals surface area contributed by atoms with Gasteiger partial charge in [0.15, 0.2) is 0 Å². The van der Waals surface area contributed by atoms with E-state index in [0.29, 0.717) is 44.6 Å². The lowest BCUT2D eigenvalue weighted by Gasteiger charge is -2.27. The van der Waals surface area contributed by atoms with Crippen LogP contribution in [0, 0.1) is 18.7 Å². The Morgan fingerprint density at radius 2 is 1.79 bits per heavy atom. The van der Waals surface area contributed by atoms with Crippen molar-refractivity contribution < 1.29 is 19.0 Å². The first-order valence-electron chi connectivity index (χ1n) is 13.6. The number of carbonyl (C=O) groups excluding carboxylic acids is 1. The van der Waals surface area contributed by atoms with Crippen molar-refractivity contribution in [1.29, 1.82) is 0 Å². The number of methoxy groups -OCH3 is 1. The minimum atomic E-state index is -1.48. The summed E-state index contributed by atoms with van der Waals surface area (Å²) in [5.41, 5.74) is -1.54. The van der Waals surface area contributed by atoms with E-state index >= 15 is 0 Å². The van der Waals surface area contributed by atoms with Crippen molar-refractivity contribution in [3.05, 3.63) is 68.4 Å². The quantitative estimate of drug-likeness (QED) is 0.300. The number of fused-ring (bicyclic) bond motifs is 1. The van der Waals surface area contributed by atoms with Gasteiger partial charge < -0.3 is 15.2 Å². The summed E-state index contributed by atoms with van der Waals surface area (Å²) in [7, 11) is 1.49. The van der Waals surface area contributed by atoms with Gasteiger partial charge in [0, 0.05) is 24.8 Å². The molecule has 0 bridgehead atoms. The molecule has 4 aromatic rings. The standard InChI is InChI=1S/C25H29FN6O4S.C4H10O/c1-14(2)29-23(34)25(4,5)31-20(33)19-15(3)21(32-27-10-11-28-32)37-22(19)30(24(31)35)12-9-16-13-17(26)7-8-18(16)36-6;1-4(2)3-5/h7-8,10-11,13-14H,9,12H2,1-6H3,(H,29,34);4-5H,3H2,1-2H3. The van der Waals surface area contributed by atoms with Gasteiger partial charge in [-0.1, -0.05) is 25.2 Å². The third kappa shape index (κ3) is 6.79. The van der Waals surface area contributed by atoms with Gasteiger partial charge in [-0.25, -0.2) is 13.8 Å². The first-order valence-corrected chi connectivity index (χ1v) is 14.5. The first kappa shape index (κ1) is 32.7. The molecule has 1 amide bonds. The molecule has 0 saturated carbocycles. The second-order valence-corrected chi connectivity index (χ2v) is 12.1. The zero-order valence-corrected chi connectivity index (χ0v) is 26.1. The molecular weight excluding hydrogens is 563 g/mol. The largest absolute Gasteiger partial charge is 0.496 e. The van der Waals surface area contributed by atoms with E-state index in [0.717, 1.165) is 4.57 Å². The Morgan fingerprint density at radius 1 is 1.17 bits per heavy atom. The summed E-state index contributed by atoms with van der Waals surface area (Å²) in [6.07, 6.45) is 3.29. The van der Waals surface area contributed by atoms with Crippen LogP contribution in [0.3, 0.4) is 0 Å². The minimum absolute atomic E-state index is 0.114. The number of aromatic nitrogens is 5. The molecule has 0 unspecified atom stereocenters. The summed E-state index contributed by atoms with van der Waals surface area (Å²) in [5.74, 6) is 0.0412. The maximum atomic E-state index is 14.0. The zero-order chi connectivity index (χ0) is 31.4. The molecule has 0 fully saturated rings. The molecule has 11 nitrogen and oxygen atoms in total. The van der Waals surface area contributed by atoms with E-state index < -0.39 is 28.5 Å². The number of halogens is 1. The van der Waals surface area contributed by atoms with E-state index in [1.54, 1.807) is 20.8 Å². The predicted molar refractivity (Wildman–Crippen MR) is 161 cm³/mol. The third-order valence-electron chi connectivity index (χ3n) is 6.53. The molecule has 0 aliphatic carbocycles. The Labute approximate surface area is 247 Å². The van der Waals surface area contributed by atoms with Crippen LogP contribution >= 0.6 is 11.3 Å². The van der Waals surface area contributed by atoms with E-state index in [9.17, 15) is 18.8 Å². The van der Waals surface area contributed by atoms with Crippen LogP contribution in [0.5, 0.6) is 5.75 Å². The minimum Gasteiger partial charge on any atom is -0.496 e. The molecule has 3 heterocycles. The van der Waals surface area contributed by atoms with Crippen LogP contribution in [0.15, 0.2) is 40.2 Å². The van der Waals surface area contributed by atoms with Crippen molar-refractivity contribution in [3.8, 4) is 10.8 Å². The van der Waals surface area contributed by atoms with Crippen molar-refractivity contribution in [2.75, 3.05) is 13.7 Å². The van der Waals surface area contributed by atoms with Crippen LogP contribution in [0.2, 0.25) is 0 Å². The molecule has 228 valence electrons. The fraction of sp³-hybridized carbons (Fsp3) is 0.483. The second kappa shape index (κ2) is 13.4. The van der Waals surface area contributed by atoms with Crippen molar-refractivity contribution in [3.63, 3.8) is 0 Å². The SMILES string of the molecule is CC(C)CO.COc1ccc(F)cc1CCn1c(=O)n(C(C)(C)C(=O)NC(C)C)c(=O)c2c(C)c(-n3nccn3)sc21. The average molecular weight is 603 g/mol. The highest BCUT2D eigenvalue weighted by Gasteiger charge is 2.35. The molecule has 0 radical (unpaired) electrons. The number of hydrogen-bond donors (Lipinski definition) is 2. The number of nitrogens with zero attached hydrogens (tertiary/aromatic N) is 5. The fourth-order valence-electron chi connectivity index (χ4n) is 4.25. The number of amides is 1. The Morgan fingerprint density at radius 3 is 2.33 bits per heavy atom. The highest BCUT2D eigenvalue weighted by Crippen LogP contribution is 2.31. The molecule has 4 rings (SSSR count). The summed E-state index contributed by atoms with van der Waals surface area (Å²) >= 11 is 1.20. The monoisotopic (exact) mass is 602 g/mol. The fourth-order valence-corrected chi connectivity index (χ4v) is 5.49. The van der Waals surface area contributed by atoms with E-state index in [1.165, 1.54) is 72.3 Å². The van der Waals surface area contributed by atoms with Crippen LogP contribution in [0.4, 0.5) is 4.39 Å². The van der Waals surface area contributed by atoms with E-state index in [1.807, 2.05) is 13.8 Å². The number of ether oxygens (including phenoxy) is 1. The molecule has 3 aromatic heterocycles. The van der Waals surface area contributed by atoms with E-state index in [4.69, 9.17) is 9.84 Å². The number of rotatable bonds is 9. The predicted octanol–water partition coefficient (Wildman–Crippen LogP) is 3.40. The molecular formula is C29H39FN6O5S. The Balaban J connectivity index is 0.000000892. The van der Waals surface area contributed by atoms with Crippen molar-refractivity contribution in [2.24, 2.45) is 5.92 Å². The summed E-state index contributed by atoms with van der Waals surface area (Å²) in [4.78, 5) is 42.6. The van der Waals surface area contributed by atoms with E-state index in [2.05, 4.69) is 15.5 Å². The van der Waals surface area contributed by atoms with Gasteiger partial charge in [-0.15, -0.1) is 4.80 Å². The molecule has 1 aromatic carbocycles. The smallest absolute Gasteiger partial charge is 0.333 e. The normalized spacial score (nSPS) is 11.6. The Hall–Kier alpha value is -3.84. The summed E-state index contributed by atoms with van der Waals surface area (Å²) in [6, 6.07) is 4.00. The highest BCUT2D eigenvalue weighted by atomic mass is 32.1. The van der Waals surface area contributed by atoms with Gasteiger partial charge in [-0.2, -0.15) is 10.2 Å². The van der Waals surface area contributed by atoms with Gasteiger partial charge in [0.05, 0.1) is 24.9 Å². The number of carbonyl (C=O) groups is 1. The number of aryl methyl sites for hydroxylation is 3. The number of benzene rings is 1. The van der Waals surface area contributed by atoms with E-state index in [-0.39, 0.29) is 19.0 Å². The molecule has 0 saturated heterocycles. The molecule has 42 heavy (non-hydrogen) atoms. The number of aliphatic hydroxyl groups is 1. The van der Waals surface area contributed by atoms with Crippen LogP contribution in [-0.4, -0.2) is 54.9 Å². The van der Waals surface area contributed by atoms with Crippen molar-refractivity contribution in [1.82, 2.24) is 29.4 Å². The van der Waals surface area contributed by atoms with Crippen LogP contribution in [0.25, 0.3) is 15.2 Å². The number of nitrogens with one attached hydrogen (secondary N) is 1. The number of thiophene rings is 1. The average Bonchev–Trinajstić information content (AvgIpc) is 3.56. The lowest BCUT2D eigenvalue weighted by Crippen LogP contribution is -2.56. The van der Waals surface area contributed by atoms with Gasteiger partial charge in [-0.05, 0) is 70.7 Å². The molecule has 0 atom stereocenters. The van der Waals surface area contributed by atoms with Crippen molar-refractivity contribution >= 4 is 27.5 Å². The molecule has 0 aliphatic heterocycles. The van der Waals surface area contributed by atoms with Gasteiger partial charge in [0.1, 0.15) is 26.9 Å².